The van der Waals surface area contributed by atoms with E-state index < -0.39 is 0 Å². The Labute approximate surface area is 99.4 Å². The topological polar surface area (TPSA) is 65.2 Å². The summed E-state index contributed by atoms with van der Waals surface area (Å²) >= 11 is 0. The fourth-order valence-corrected chi connectivity index (χ4v) is 1.63. The van der Waals surface area contributed by atoms with Crippen LogP contribution in [0.4, 0.5) is 5.69 Å². The molecular formula is C13H14N2O2. The number of carbonyl (C=O) groups is 1. The number of hydrogen-bond acceptors (Lipinski definition) is 4. The lowest BCUT2D eigenvalue weighted by Crippen LogP contribution is -2.09. The summed E-state index contributed by atoms with van der Waals surface area (Å²) in [5.41, 5.74) is 7.56. The highest BCUT2D eigenvalue weighted by atomic mass is 16.5. The number of pyridine rings is 1. The van der Waals surface area contributed by atoms with E-state index in [0.29, 0.717) is 17.9 Å². The van der Waals surface area contributed by atoms with Crippen LogP contribution in [0.25, 0.3) is 10.9 Å². The Kier molecular flexibility index (Phi) is 3.23. The van der Waals surface area contributed by atoms with Gasteiger partial charge in [-0.15, -0.1) is 0 Å². The molecule has 1 aromatic heterocycles. The molecule has 0 saturated carbocycles. The summed E-state index contributed by atoms with van der Waals surface area (Å²) in [7, 11) is 0. The standard InChI is InChI=1S/C13H14N2O2/c1-2-8-17-13(16)10-5-6-11-9(12(10)14)4-3-7-15-11/h3-7H,2,8,14H2,1H3. The zero-order valence-corrected chi connectivity index (χ0v) is 9.64. The minimum absolute atomic E-state index is 0.380. The molecule has 0 atom stereocenters. The number of nitrogens with two attached hydrogens (primary N) is 1. The third-order valence-electron chi connectivity index (χ3n) is 2.48. The second kappa shape index (κ2) is 4.82. The summed E-state index contributed by atoms with van der Waals surface area (Å²) in [4.78, 5) is 15.9. The van der Waals surface area contributed by atoms with Crippen LogP contribution in [0.15, 0.2) is 30.5 Å². The summed E-state index contributed by atoms with van der Waals surface area (Å²) in [6.07, 6.45) is 2.48. The van der Waals surface area contributed by atoms with Gasteiger partial charge < -0.3 is 10.5 Å². The molecule has 0 bridgehead atoms. The Bertz CT molecular complexity index is 552. The van der Waals surface area contributed by atoms with Crippen molar-refractivity contribution in [1.82, 2.24) is 4.98 Å². The number of nitrogen functional groups attached to an aromatic ring is 1. The van der Waals surface area contributed by atoms with Gasteiger partial charge >= 0.3 is 5.97 Å². The first-order valence-electron chi connectivity index (χ1n) is 5.54. The maximum absolute atomic E-state index is 11.7. The van der Waals surface area contributed by atoms with E-state index in [1.807, 2.05) is 13.0 Å². The van der Waals surface area contributed by atoms with Gasteiger partial charge in [-0.2, -0.15) is 0 Å². The summed E-state index contributed by atoms with van der Waals surface area (Å²) in [6.45, 7) is 2.35. The van der Waals surface area contributed by atoms with E-state index in [1.54, 1.807) is 24.4 Å². The van der Waals surface area contributed by atoms with Crippen LogP contribution in [0.2, 0.25) is 0 Å². The predicted octanol–water partition coefficient (Wildman–Crippen LogP) is 2.38. The molecule has 4 nitrogen and oxygen atoms in total. The van der Waals surface area contributed by atoms with Crippen LogP contribution in [-0.4, -0.2) is 17.6 Å². The summed E-state index contributed by atoms with van der Waals surface area (Å²) < 4.78 is 5.07. The van der Waals surface area contributed by atoms with Crippen molar-refractivity contribution in [3.05, 3.63) is 36.0 Å². The molecule has 0 aliphatic rings. The van der Waals surface area contributed by atoms with Crippen LogP contribution in [0.5, 0.6) is 0 Å². The van der Waals surface area contributed by atoms with Gasteiger partial charge in [-0.05, 0) is 30.7 Å². The molecule has 17 heavy (non-hydrogen) atoms. The van der Waals surface area contributed by atoms with Gasteiger partial charge in [0.15, 0.2) is 0 Å². The van der Waals surface area contributed by atoms with Gasteiger partial charge in [0, 0.05) is 11.6 Å². The van der Waals surface area contributed by atoms with Crippen LogP contribution in [-0.2, 0) is 4.74 Å². The number of ether oxygens (including phenoxy) is 1. The highest BCUT2D eigenvalue weighted by molar-refractivity contribution is 6.04. The number of esters is 1. The first kappa shape index (κ1) is 11.4. The second-order valence-corrected chi connectivity index (χ2v) is 3.73. The number of benzene rings is 1. The largest absolute Gasteiger partial charge is 0.462 e. The zero-order valence-electron chi connectivity index (χ0n) is 9.64. The molecule has 0 amide bonds. The molecule has 0 spiro atoms. The van der Waals surface area contributed by atoms with Gasteiger partial charge in [0.05, 0.1) is 23.4 Å². The van der Waals surface area contributed by atoms with Crippen LogP contribution in [0, 0.1) is 0 Å². The quantitative estimate of drug-likeness (QED) is 0.649. The predicted molar refractivity (Wildman–Crippen MR) is 66.7 cm³/mol. The number of hydrogen-bond donors (Lipinski definition) is 1. The molecule has 0 saturated heterocycles. The first-order chi connectivity index (χ1) is 8.24. The van der Waals surface area contributed by atoms with E-state index in [4.69, 9.17) is 10.5 Å². The molecule has 2 aromatic rings. The van der Waals surface area contributed by atoms with Crippen molar-refractivity contribution in [2.45, 2.75) is 13.3 Å². The van der Waals surface area contributed by atoms with E-state index >= 15 is 0 Å². The molecule has 4 heteroatoms. The van der Waals surface area contributed by atoms with Crippen molar-refractivity contribution in [2.75, 3.05) is 12.3 Å². The van der Waals surface area contributed by atoms with Crippen molar-refractivity contribution < 1.29 is 9.53 Å². The molecular weight excluding hydrogens is 216 g/mol. The highest BCUT2D eigenvalue weighted by Crippen LogP contribution is 2.23. The second-order valence-electron chi connectivity index (χ2n) is 3.73. The van der Waals surface area contributed by atoms with Gasteiger partial charge in [-0.3, -0.25) is 4.98 Å². The van der Waals surface area contributed by atoms with E-state index in [-0.39, 0.29) is 5.97 Å². The Hall–Kier alpha value is -2.10. The lowest BCUT2D eigenvalue weighted by Gasteiger charge is -2.08. The molecule has 2 N–H and O–H groups in total. The molecule has 1 aromatic carbocycles. The minimum Gasteiger partial charge on any atom is -0.462 e. The summed E-state index contributed by atoms with van der Waals surface area (Å²) in [6, 6.07) is 7.06. The molecule has 0 fully saturated rings. The third-order valence-corrected chi connectivity index (χ3v) is 2.48. The van der Waals surface area contributed by atoms with Crippen molar-refractivity contribution >= 4 is 22.6 Å². The Morgan fingerprint density at radius 2 is 2.24 bits per heavy atom. The lowest BCUT2D eigenvalue weighted by molar-refractivity contribution is 0.0506. The van der Waals surface area contributed by atoms with E-state index in [1.165, 1.54) is 0 Å². The zero-order chi connectivity index (χ0) is 12.3. The summed E-state index contributed by atoms with van der Waals surface area (Å²) in [5.74, 6) is -0.380. The fraction of sp³-hybridized carbons (Fsp3) is 0.231. The number of fused-ring (bicyclic) bond motifs is 1. The fourth-order valence-electron chi connectivity index (χ4n) is 1.63. The van der Waals surface area contributed by atoms with Gasteiger partial charge in [0.1, 0.15) is 0 Å². The average Bonchev–Trinajstić information content (AvgIpc) is 2.37. The number of anilines is 1. The lowest BCUT2D eigenvalue weighted by atomic mass is 10.1. The van der Waals surface area contributed by atoms with Crippen molar-refractivity contribution in [2.24, 2.45) is 0 Å². The Morgan fingerprint density at radius 3 is 3.00 bits per heavy atom. The van der Waals surface area contributed by atoms with E-state index in [2.05, 4.69) is 4.98 Å². The number of aromatic nitrogens is 1. The first-order valence-corrected chi connectivity index (χ1v) is 5.54. The number of carbonyl (C=O) groups excluding carboxylic acids is 1. The Balaban J connectivity index is 2.42. The van der Waals surface area contributed by atoms with Crippen LogP contribution in [0.1, 0.15) is 23.7 Å². The molecule has 88 valence electrons. The Morgan fingerprint density at radius 1 is 1.41 bits per heavy atom. The maximum atomic E-state index is 11.7. The molecule has 0 aliphatic heterocycles. The average molecular weight is 230 g/mol. The third kappa shape index (κ3) is 2.20. The SMILES string of the molecule is CCCOC(=O)c1ccc2ncccc2c1N. The van der Waals surface area contributed by atoms with Crippen molar-refractivity contribution in [3.63, 3.8) is 0 Å². The molecule has 0 unspecified atom stereocenters. The van der Waals surface area contributed by atoms with Crippen LogP contribution < -0.4 is 5.73 Å². The van der Waals surface area contributed by atoms with Crippen LogP contribution in [0.3, 0.4) is 0 Å². The molecule has 1 heterocycles. The van der Waals surface area contributed by atoms with E-state index in [0.717, 1.165) is 17.3 Å². The molecule has 2 rings (SSSR count). The van der Waals surface area contributed by atoms with E-state index in [9.17, 15) is 4.79 Å². The smallest absolute Gasteiger partial charge is 0.340 e. The van der Waals surface area contributed by atoms with Crippen LogP contribution >= 0.6 is 0 Å². The summed E-state index contributed by atoms with van der Waals surface area (Å²) in [5, 5.41) is 0.776. The van der Waals surface area contributed by atoms with Gasteiger partial charge in [-0.1, -0.05) is 6.92 Å². The molecule has 0 aliphatic carbocycles. The van der Waals surface area contributed by atoms with Gasteiger partial charge in [0.2, 0.25) is 0 Å². The van der Waals surface area contributed by atoms with Crippen molar-refractivity contribution in [3.8, 4) is 0 Å². The van der Waals surface area contributed by atoms with Gasteiger partial charge in [0.25, 0.3) is 0 Å². The van der Waals surface area contributed by atoms with Crippen molar-refractivity contribution in [1.29, 1.82) is 0 Å². The maximum Gasteiger partial charge on any atom is 0.340 e. The normalized spacial score (nSPS) is 10.4. The highest BCUT2D eigenvalue weighted by Gasteiger charge is 2.13. The number of nitrogens with zero attached hydrogens (tertiary/aromatic N) is 1. The number of rotatable bonds is 3. The van der Waals surface area contributed by atoms with Gasteiger partial charge in [-0.25, -0.2) is 4.79 Å². The minimum atomic E-state index is -0.380. The molecule has 0 radical (unpaired) electrons. The monoisotopic (exact) mass is 230 g/mol.